The van der Waals surface area contributed by atoms with Crippen molar-refractivity contribution in [1.82, 2.24) is 14.5 Å². The molecule has 7 heteroatoms. The first-order valence-corrected chi connectivity index (χ1v) is 6.56. The zero-order valence-corrected chi connectivity index (χ0v) is 11.7. The summed E-state index contributed by atoms with van der Waals surface area (Å²) in [5.74, 6) is -0.806. The van der Waals surface area contributed by atoms with E-state index in [1.807, 2.05) is 13.8 Å². The maximum absolute atomic E-state index is 14.3. The smallest absolute Gasteiger partial charge is 0.310 e. The summed E-state index contributed by atoms with van der Waals surface area (Å²) in [5.41, 5.74) is -1.27. The van der Waals surface area contributed by atoms with Gasteiger partial charge in [0.1, 0.15) is 0 Å². The van der Waals surface area contributed by atoms with Crippen molar-refractivity contribution in [3.05, 3.63) is 63.5 Å². The van der Waals surface area contributed by atoms with Gasteiger partial charge in [-0.05, 0) is 6.08 Å². The van der Waals surface area contributed by atoms with Gasteiger partial charge in [-0.25, -0.2) is 14.4 Å². The lowest BCUT2D eigenvalue weighted by atomic mass is 10.2. The molecule has 0 saturated heterocycles. The first kappa shape index (κ1) is 14.7. The molecule has 1 atom stereocenters. The molecule has 6 nitrogen and oxygen atoms in total. The molecule has 0 aliphatic carbocycles. The Balaban J connectivity index is 0.000000774. The molecule has 3 heterocycles. The van der Waals surface area contributed by atoms with Crippen molar-refractivity contribution in [3.8, 4) is 0 Å². The molecule has 1 N–H and O–H groups in total. The summed E-state index contributed by atoms with van der Waals surface area (Å²) >= 11 is 0. The van der Waals surface area contributed by atoms with Gasteiger partial charge in [-0.1, -0.05) is 26.0 Å². The highest BCUT2D eigenvalue weighted by Gasteiger charge is 2.25. The second-order valence-corrected chi connectivity index (χ2v) is 4.00. The molecule has 1 unspecified atom stereocenters. The van der Waals surface area contributed by atoms with Gasteiger partial charge in [0.05, 0.1) is 6.04 Å². The van der Waals surface area contributed by atoms with Gasteiger partial charge in [0.2, 0.25) is 5.95 Å². The summed E-state index contributed by atoms with van der Waals surface area (Å²) in [7, 11) is 0. The van der Waals surface area contributed by atoms with E-state index in [0.717, 1.165) is 10.6 Å². The number of allylic oxidation sites excluding steroid dienone is 2. The maximum atomic E-state index is 14.3. The molecule has 0 bridgehead atoms. The number of hydrogen-bond acceptors (Lipinski definition) is 4. The number of H-pyrrole nitrogens is 1. The number of nitrogens with one attached hydrogen (secondary N) is 1. The van der Waals surface area contributed by atoms with Crippen LogP contribution in [0.15, 0.2) is 57.2 Å². The maximum Gasteiger partial charge on any atom is 0.334 e. The molecule has 0 aromatic carbocycles. The van der Waals surface area contributed by atoms with Crippen LogP contribution in [0.25, 0.3) is 5.82 Å². The minimum atomic E-state index is -0.732. The van der Waals surface area contributed by atoms with Crippen LogP contribution in [0.1, 0.15) is 13.8 Å². The topological polar surface area (TPSA) is 70.5 Å². The van der Waals surface area contributed by atoms with E-state index in [9.17, 15) is 14.0 Å². The Kier molecular flexibility index (Phi) is 4.32. The van der Waals surface area contributed by atoms with Crippen molar-refractivity contribution in [2.45, 2.75) is 19.9 Å². The average molecular weight is 290 g/mol. The minimum absolute atomic E-state index is 0.155. The van der Waals surface area contributed by atoms with E-state index in [1.165, 1.54) is 17.3 Å². The lowest BCUT2D eigenvalue weighted by Crippen LogP contribution is -2.36. The van der Waals surface area contributed by atoms with Crippen molar-refractivity contribution in [3.63, 3.8) is 0 Å². The van der Waals surface area contributed by atoms with E-state index < -0.39 is 17.2 Å². The van der Waals surface area contributed by atoms with Gasteiger partial charge in [0, 0.05) is 24.7 Å². The first-order valence-electron chi connectivity index (χ1n) is 6.56. The van der Waals surface area contributed by atoms with E-state index in [2.05, 4.69) is 9.98 Å². The largest absolute Gasteiger partial charge is 0.334 e. The van der Waals surface area contributed by atoms with Gasteiger partial charge in [0.15, 0.2) is 5.82 Å². The number of aromatic amines is 1. The Morgan fingerprint density at radius 2 is 2.05 bits per heavy atom. The van der Waals surface area contributed by atoms with E-state index in [1.54, 1.807) is 24.4 Å². The first-order chi connectivity index (χ1) is 10.2. The third-order valence-corrected chi connectivity index (χ3v) is 2.80. The minimum Gasteiger partial charge on any atom is -0.310 e. The fourth-order valence-corrected chi connectivity index (χ4v) is 1.89. The molecule has 0 saturated carbocycles. The summed E-state index contributed by atoms with van der Waals surface area (Å²) in [6.07, 6.45) is 9.52. The zero-order valence-electron chi connectivity index (χ0n) is 11.7. The van der Waals surface area contributed by atoms with Gasteiger partial charge in [-0.15, -0.1) is 0 Å². The van der Waals surface area contributed by atoms with Gasteiger partial charge in [-0.3, -0.25) is 9.78 Å². The number of nitrogens with zero attached hydrogens (tertiary/aromatic N) is 3. The van der Waals surface area contributed by atoms with Crippen LogP contribution in [0.4, 0.5) is 4.39 Å². The highest BCUT2D eigenvalue weighted by atomic mass is 19.1. The van der Waals surface area contributed by atoms with E-state index in [0.29, 0.717) is 0 Å². The SMILES string of the molecule is CC.O=c1ccn(C2=C(F)N3C=CC=CC3C=N2)c(=O)[nH]1. The van der Waals surface area contributed by atoms with Gasteiger partial charge >= 0.3 is 5.69 Å². The third kappa shape index (κ3) is 2.76. The number of rotatable bonds is 1. The fraction of sp³-hybridized carbons (Fsp3) is 0.214. The molecule has 21 heavy (non-hydrogen) atoms. The molecule has 3 rings (SSSR count). The molecule has 2 aliphatic heterocycles. The molecule has 0 radical (unpaired) electrons. The monoisotopic (exact) mass is 290 g/mol. The quantitative estimate of drug-likeness (QED) is 0.796. The molecule has 110 valence electrons. The van der Waals surface area contributed by atoms with Crippen molar-refractivity contribution in [2.24, 2.45) is 4.99 Å². The van der Waals surface area contributed by atoms with Gasteiger partial charge in [-0.2, -0.15) is 4.39 Å². The molecule has 2 aliphatic rings. The van der Waals surface area contributed by atoms with Crippen LogP contribution in [0, 0.1) is 0 Å². The van der Waals surface area contributed by atoms with Crippen LogP contribution in [0.3, 0.4) is 0 Å². The van der Waals surface area contributed by atoms with Crippen molar-refractivity contribution in [2.75, 3.05) is 0 Å². The summed E-state index contributed by atoms with van der Waals surface area (Å²) in [6, 6.07) is 0.835. The van der Waals surface area contributed by atoms with Crippen LogP contribution in [-0.2, 0) is 0 Å². The standard InChI is InChI=1S/C12H9FN4O2.C2H6/c13-10-11(17-6-4-9(18)15-12(17)19)14-7-8-3-1-2-5-16(8)10;1-2/h1-8H,(H,15,18,19);1-2H3. The molecule has 0 spiro atoms. The molecular weight excluding hydrogens is 275 g/mol. The number of aromatic nitrogens is 2. The highest BCUT2D eigenvalue weighted by Crippen LogP contribution is 2.25. The highest BCUT2D eigenvalue weighted by molar-refractivity contribution is 5.77. The predicted molar refractivity (Wildman–Crippen MR) is 79.4 cm³/mol. The molecule has 1 aromatic heterocycles. The second-order valence-electron chi connectivity index (χ2n) is 4.00. The average Bonchev–Trinajstić information content (AvgIpc) is 2.51. The fourth-order valence-electron chi connectivity index (χ4n) is 1.89. The molecule has 0 amide bonds. The Morgan fingerprint density at radius 1 is 1.29 bits per heavy atom. The van der Waals surface area contributed by atoms with Crippen LogP contribution >= 0.6 is 0 Å². The van der Waals surface area contributed by atoms with Crippen molar-refractivity contribution in [1.29, 1.82) is 0 Å². The van der Waals surface area contributed by atoms with E-state index >= 15 is 0 Å². The third-order valence-electron chi connectivity index (χ3n) is 2.80. The Hall–Kier alpha value is -2.70. The Bertz CT molecular complexity index is 755. The van der Waals surface area contributed by atoms with Gasteiger partial charge in [0.25, 0.3) is 5.56 Å². The number of fused-ring (bicyclic) bond motifs is 1. The summed E-state index contributed by atoms with van der Waals surface area (Å²) < 4.78 is 15.3. The van der Waals surface area contributed by atoms with Crippen LogP contribution in [0.2, 0.25) is 0 Å². The Morgan fingerprint density at radius 3 is 2.76 bits per heavy atom. The lowest BCUT2D eigenvalue weighted by Gasteiger charge is -2.29. The van der Waals surface area contributed by atoms with Crippen LogP contribution < -0.4 is 11.2 Å². The molecular formula is C14H15FN4O2. The van der Waals surface area contributed by atoms with E-state index in [4.69, 9.17) is 0 Å². The van der Waals surface area contributed by atoms with E-state index in [-0.39, 0.29) is 11.9 Å². The normalized spacial score (nSPS) is 19.2. The van der Waals surface area contributed by atoms with Crippen LogP contribution in [-0.4, -0.2) is 26.7 Å². The predicted octanol–water partition coefficient (Wildman–Crippen LogP) is 1.45. The summed E-state index contributed by atoms with van der Waals surface area (Å²) in [5, 5.41) is 0. The van der Waals surface area contributed by atoms with Gasteiger partial charge < -0.3 is 4.90 Å². The zero-order chi connectivity index (χ0) is 15.4. The number of aliphatic imine (C=N–C) groups is 1. The summed E-state index contributed by atoms with van der Waals surface area (Å²) in [4.78, 5) is 30.0. The van der Waals surface area contributed by atoms with Crippen LogP contribution in [0.5, 0.6) is 0 Å². The molecule has 0 fully saturated rings. The number of hydrogen-bond donors (Lipinski definition) is 1. The van der Waals surface area contributed by atoms with Crippen molar-refractivity contribution < 1.29 is 4.39 Å². The molecule has 1 aromatic rings. The van der Waals surface area contributed by atoms with Crippen molar-refractivity contribution >= 4 is 12.0 Å². The second kappa shape index (κ2) is 6.17. The Labute approximate surface area is 120 Å². The lowest BCUT2D eigenvalue weighted by molar-refractivity contribution is 0.343. The summed E-state index contributed by atoms with van der Waals surface area (Å²) in [6.45, 7) is 4.00. The number of halogens is 1.